The molecule has 0 saturated heterocycles. The van der Waals surface area contributed by atoms with Gasteiger partial charge in [0.1, 0.15) is 13.2 Å². The van der Waals surface area contributed by atoms with Crippen LogP contribution in [0, 0.1) is 11.8 Å². The molecule has 0 aromatic heterocycles. The van der Waals surface area contributed by atoms with Crippen LogP contribution in [0.4, 0.5) is 21.0 Å². The van der Waals surface area contributed by atoms with E-state index in [0.29, 0.717) is 0 Å². The molecular formula is C55H62N4O10. The van der Waals surface area contributed by atoms with Crippen molar-refractivity contribution in [3.63, 3.8) is 0 Å². The number of amides is 4. The molecule has 6 atom stereocenters. The van der Waals surface area contributed by atoms with Gasteiger partial charge in [-0.2, -0.15) is 0 Å². The van der Waals surface area contributed by atoms with Crippen molar-refractivity contribution in [2.45, 2.75) is 139 Å². The maximum absolute atomic E-state index is 13.4. The molecule has 6 unspecified atom stereocenters. The van der Waals surface area contributed by atoms with Crippen molar-refractivity contribution in [2.24, 2.45) is 11.8 Å². The second-order valence-corrected chi connectivity index (χ2v) is 19.2. The van der Waals surface area contributed by atoms with Gasteiger partial charge in [-0.15, -0.1) is 0 Å². The Labute approximate surface area is 403 Å². The van der Waals surface area contributed by atoms with Gasteiger partial charge < -0.3 is 29.1 Å². The van der Waals surface area contributed by atoms with Crippen LogP contribution in [0.15, 0.2) is 109 Å². The van der Waals surface area contributed by atoms with Gasteiger partial charge in [-0.05, 0) is 85.8 Å². The Bertz CT molecular complexity index is 2500. The second kappa shape index (κ2) is 21.3. The highest BCUT2D eigenvalue weighted by Crippen LogP contribution is 2.54. The Kier molecular flexibility index (Phi) is 14.6. The lowest BCUT2D eigenvalue weighted by atomic mass is 9.81. The molecule has 4 aromatic carbocycles. The lowest BCUT2D eigenvalue weighted by Gasteiger charge is -2.47. The van der Waals surface area contributed by atoms with Crippen LogP contribution in [0.1, 0.15) is 124 Å². The molecule has 14 heteroatoms. The number of rotatable bonds is 14. The molecule has 2 heterocycles. The molecule has 4 amide bonds. The van der Waals surface area contributed by atoms with Gasteiger partial charge in [0.2, 0.25) is 11.8 Å². The van der Waals surface area contributed by atoms with Crippen molar-refractivity contribution in [3.8, 4) is 0 Å². The summed E-state index contributed by atoms with van der Waals surface area (Å²) in [6, 6.07) is 35.1. The molecule has 4 aromatic rings. The van der Waals surface area contributed by atoms with E-state index in [1.807, 2.05) is 124 Å². The van der Waals surface area contributed by atoms with E-state index in [1.165, 1.54) is 7.11 Å². The summed E-state index contributed by atoms with van der Waals surface area (Å²) in [6.07, 6.45) is 8.77. The van der Waals surface area contributed by atoms with Gasteiger partial charge in [-0.3, -0.25) is 29.0 Å². The highest BCUT2D eigenvalue weighted by Gasteiger charge is 2.53. The number of methoxy groups -OCH3 is 1. The monoisotopic (exact) mass is 938 g/mol. The minimum Gasteiger partial charge on any atom is -0.481 e. The van der Waals surface area contributed by atoms with E-state index >= 15 is 0 Å². The summed E-state index contributed by atoms with van der Waals surface area (Å²) in [4.78, 5) is 83.9. The normalized spacial score (nSPS) is 22.9. The first kappa shape index (κ1) is 47.4. The number of carbonyl (C=O) groups excluding carboxylic acids is 5. The summed E-state index contributed by atoms with van der Waals surface area (Å²) < 4.78 is 16.3. The average Bonchev–Trinajstić information content (AvgIpc) is 4.30. The van der Waals surface area contributed by atoms with Gasteiger partial charge in [0.05, 0.1) is 43.4 Å². The lowest BCUT2D eigenvalue weighted by molar-refractivity contribution is -0.145. The van der Waals surface area contributed by atoms with E-state index in [2.05, 4.69) is 0 Å². The van der Waals surface area contributed by atoms with Crippen molar-refractivity contribution in [2.75, 3.05) is 16.9 Å². The highest BCUT2D eigenvalue weighted by molar-refractivity contribution is 5.92. The number of carboxylic acids is 1. The molecule has 0 radical (unpaired) electrons. The van der Waals surface area contributed by atoms with Crippen molar-refractivity contribution >= 4 is 47.3 Å². The fourth-order valence-corrected chi connectivity index (χ4v) is 11.5. The number of para-hydroxylation sites is 2. The zero-order valence-corrected chi connectivity index (χ0v) is 39.2. The van der Waals surface area contributed by atoms with Crippen molar-refractivity contribution in [1.82, 2.24) is 9.80 Å². The Hall–Kier alpha value is -6.70. The minimum atomic E-state index is -0.959. The van der Waals surface area contributed by atoms with Crippen LogP contribution in [0.3, 0.4) is 0 Å². The predicted molar refractivity (Wildman–Crippen MR) is 257 cm³/mol. The smallest absolute Gasteiger partial charge is 0.414 e. The number of aliphatic carboxylic acids is 1. The number of ether oxygens (including phenoxy) is 3. The van der Waals surface area contributed by atoms with Gasteiger partial charge in [-0.1, -0.05) is 110 Å². The third-order valence-corrected chi connectivity index (χ3v) is 14.8. The summed E-state index contributed by atoms with van der Waals surface area (Å²) in [5, 5.41) is 9.12. The Morgan fingerprint density at radius 3 is 1.33 bits per heavy atom. The molecule has 2 aliphatic heterocycles. The van der Waals surface area contributed by atoms with E-state index in [0.717, 1.165) is 97.8 Å². The molecule has 362 valence electrons. The van der Waals surface area contributed by atoms with Crippen LogP contribution in [0.5, 0.6) is 0 Å². The molecule has 10 rings (SSSR count). The largest absolute Gasteiger partial charge is 0.481 e. The number of nitrogens with zero attached hydrogens (tertiary/aromatic N) is 4. The van der Waals surface area contributed by atoms with Crippen LogP contribution < -0.4 is 9.80 Å². The SMILES string of the molecule is COC(=O)CCC(=O)N(C1CC1)C1c2ccccc2N(C(=O)OCc2ccccc2)C2CCCC21.O=C(O)CCC(=O)N(C1CC1)C1c2ccccc2N(C(=O)OCc2ccccc2)C2CCCC21. The predicted octanol–water partition coefficient (Wildman–Crippen LogP) is 9.91. The summed E-state index contributed by atoms with van der Waals surface area (Å²) in [6.45, 7) is 0.431. The summed E-state index contributed by atoms with van der Waals surface area (Å²) in [5.41, 5.74) is 5.45. The number of carbonyl (C=O) groups is 6. The molecule has 0 spiro atoms. The molecule has 6 aliphatic rings. The number of hydrogen-bond donors (Lipinski definition) is 1. The second-order valence-electron chi connectivity index (χ2n) is 19.2. The molecule has 4 fully saturated rings. The van der Waals surface area contributed by atoms with Crippen LogP contribution in [-0.2, 0) is 46.6 Å². The third kappa shape index (κ3) is 10.5. The summed E-state index contributed by atoms with van der Waals surface area (Å²) in [7, 11) is 1.34. The number of anilines is 2. The maximum atomic E-state index is 13.4. The number of fused-ring (bicyclic) bond motifs is 4. The van der Waals surface area contributed by atoms with Crippen molar-refractivity contribution in [3.05, 3.63) is 131 Å². The zero-order valence-electron chi connectivity index (χ0n) is 39.2. The molecule has 14 nitrogen and oxygen atoms in total. The fraction of sp³-hybridized carbons (Fsp3) is 0.455. The van der Waals surface area contributed by atoms with Gasteiger partial charge >= 0.3 is 24.1 Å². The van der Waals surface area contributed by atoms with Crippen molar-refractivity contribution in [1.29, 1.82) is 0 Å². The van der Waals surface area contributed by atoms with Crippen LogP contribution >= 0.6 is 0 Å². The Balaban J connectivity index is 0.000000172. The number of esters is 1. The molecule has 0 bridgehead atoms. The van der Waals surface area contributed by atoms with E-state index in [-0.39, 0.29) is 117 Å². The van der Waals surface area contributed by atoms with Crippen molar-refractivity contribution < 1.29 is 48.1 Å². The molecular weight excluding hydrogens is 877 g/mol. The first-order chi connectivity index (χ1) is 33.6. The summed E-state index contributed by atoms with van der Waals surface area (Å²) in [5.74, 6) is -1.20. The number of hydrogen-bond acceptors (Lipinski definition) is 9. The third-order valence-electron chi connectivity index (χ3n) is 14.8. The van der Waals surface area contributed by atoms with E-state index < -0.39 is 5.97 Å². The Morgan fingerprint density at radius 2 is 0.928 bits per heavy atom. The standard InChI is InChI=1S/C28H32N2O5.C27H30N2O5/c1-34-26(32)17-16-25(31)29(20-14-15-20)27-21-10-5-6-12-23(21)30(24-13-7-11-22(24)27)28(33)35-18-19-8-3-2-4-9-19;30-24(15-16-25(31)32)28(19-13-14-19)26-20-9-4-5-11-22(20)29(23-12-6-10-21(23)26)27(33)34-17-18-7-2-1-3-8-18/h2-6,8-10,12,20,22,24,27H,7,11,13-18H2,1H3;1-5,7-9,11,19,21,23,26H,6,10,12-17H2,(H,31,32). The quantitative estimate of drug-likeness (QED) is 0.0951. The topological polar surface area (TPSA) is 163 Å². The van der Waals surface area contributed by atoms with Gasteiger partial charge in [-0.25, -0.2) is 9.59 Å². The lowest BCUT2D eigenvalue weighted by Crippen LogP contribution is -2.53. The number of carboxylic acid groups (broad SMARTS) is 1. The van der Waals surface area contributed by atoms with Crippen LogP contribution in [-0.4, -0.2) is 82.1 Å². The van der Waals surface area contributed by atoms with Gasteiger partial charge in [0.25, 0.3) is 0 Å². The molecule has 69 heavy (non-hydrogen) atoms. The zero-order chi connectivity index (χ0) is 48.0. The first-order valence-corrected chi connectivity index (χ1v) is 24.7. The molecule has 4 saturated carbocycles. The van der Waals surface area contributed by atoms with E-state index in [1.54, 1.807) is 4.90 Å². The van der Waals surface area contributed by atoms with Crippen LogP contribution in [0.25, 0.3) is 0 Å². The number of benzene rings is 4. The van der Waals surface area contributed by atoms with Crippen LogP contribution in [0.2, 0.25) is 0 Å². The maximum Gasteiger partial charge on any atom is 0.414 e. The molecule has 1 N–H and O–H groups in total. The minimum absolute atomic E-state index is 0.00468. The fourth-order valence-electron chi connectivity index (χ4n) is 11.5. The molecule has 4 aliphatic carbocycles. The highest BCUT2D eigenvalue weighted by atomic mass is 16.6. The average molecular weight is 939 g/mol. The van der Waals surface area contributed by atoms with Gasteiger partial charge in [0.15, 0.2) is 0 Å². The first-order valence-electron chi connectivity index (χ1n) is 24.7. The van der Waals surface area contributed by atoms with E-state index in [4.69, 9.17) is 19.3 Å². The summed E-state index contributed by atoms with van der Waals surface area (Å²) >= 11 is 0. The van der Waals surface area contributed by atoms with E-state index in [9.17, 15) is 28.8 Å². The Morgan fingerprint density at radius 1 is 0.522 bits per heavy atom. The van der Waals surface area contributed by atoms with Gasteiger partial charge in [0, 0.05) is 48.8 Å².